The summed E-state index contributed by atoms with van der Waals surface area (Å²) >= 11 is 0. The molecule has 0 radical (unpaired) electrons. The van der Waals surface area contributed by atoms with Crippen LogP contribution in [0.2, 0.25) is 0 Å². The van der Waals surface area contributed by atoms with Gasteiger partial charge in [-0.15, -0.1) is 0 Å². The molecule has 4 heteroatoms. The lowest BCUT2D eigenvalue weighted by Gasteiger charge is -2.21. The quantitative estimate of drug-likeness (QED) is 0.833. The molecule has 0 bridgehead atoms. The molecule has 0 unspecified atom stereocenters. The topological polar surface area (TPSA) is 21.3 Å². The molecule has 1 N–H and O–H groups in total. The normalized spacial score (nSPS) is 14.6. The van der Waals surface area contributed by atoms with E-state index in [0.717, 1.165) is 30.6 Å². The monoisotopic (exact) mass is 213 g/mol. The molecule has 0 spiro atoms. The van der Waals surface area contributed by atoms with Crippen molar-refractivity contribution in [3.8, 4) is 5.75 Å². The van der Waals surface area contributed by atoms with E-state index in [4.69, 9.17) is 4.74 Å². The van der Waals surface area contributed by atoms with Gasteiger partial charge in [-0.1, -0.05) is 12.1 Å². The smallest absolute Gasteiger partial charge is 0.272 e. The lowest BCUT2D eigenvalue weighted by Crippen LogP contribution is -2.14. The number of para-hydroxylation sites is 1. The average Bonchev–Trinajstić information content (AvgIpc) is 2.26. The van der Waals surface area contributed by atoms with Crippen molar-refractivity contribution in [1.29, 1.82) is 0 Å². The summed E-state index contributed by atoms with van der Waals surface area (Å²) in [5, 5.41) is 3.19. The maximum Gasteiger partial charge on any atom is 0.272 e. The van der Waals surface area contributed by atoms with Crippen LogP contribution in [0.15, 0.2) is 18.2 Å². The van der Waals surface area contributed by atoms with Gasteiger partial charge in [0.05, 0.1) is 5.69 Å². The van der Waals surface area contributed by atoms with Crippen LogP contribution in [-0.4, -0.2) is 19.6 Å². The summed E-state index contributed by atoms with van der Waals surface area (Å²) < 4.78 is 29.1. The number of alkyl halides is 2. The molecule has 0 aliphatic carbocycles. The molecule has 2 nitrogen and oxygen atoms in total. The number of nitrogens with one attached hydrogen (secondary N) is 1. The Hall–Kier alpha value is -1.32. The van der Waals surface area contributed by atoms with Crippen LogP contribution in [0.4, 0.5) is 14.5 Å². The zero-order chi connectivity index (χ0) is 10.7. The SMILES string of the molecule is FC(F)COc1cccc2c1NCCC2. The highest BCUT2D eigenvalue weighted by molar-refractivity contribution is 5.63. The van der Waals surface area contributed by atoms with E-state index in [1.165, 1.54) is 0 Å². The first-order chi connectivity index (χ1) is 7.27. The minimum absolute atomic E-state index is 0.535. The van der Waals surface area contributed by atoms with E-state index in [2.05, 4.69) is 5.32 Å². The van der Waals surface area contributed by atoms with Crippen molar-refractivity contribution in [2.45, 2.75) is 19.3 Å². The van der Waals surface area contributed by atoms with E-state index in [0.29, 0.717) is 5.75 Å². The van der Waals surface area contributed by atoms with Gasteiger partial charge >= 0.3 is 0 Å². The minimum atomic E-state index is -2.43. The van der Waals surface area contributed by atoms with Crippen LogP contribution in [0, 0.1) is 0 Å². The van der Waals surface area contributed by atoms with Gasteiger partial charge in [-0.25, -0.2) is 8.78 Å². The van der Waals surface area contributed by atoms with Crippen LogP contribution in [-0.2, 0) is 6.42 Å². The highest BCUT2D eigenvalue weighted by atomic mass is 19.3. The number of fused-ring (bicyclic) bond motifs is 1. The van der Waals surface area contributed by atoms with Gasteiger partial charge in [-0.05, 0) is 24.5 Å². The summed E-state index contributed by atoms with van der Waals surface area (Å²) in [4.78, 5) is 0. The Morgan fingerprint density at radius 2 is 2.27 bits per heavy atom. The van der Waals surface area contributed by atoms with Gasteiger partial charge in [0.2, 0.25) is 0 Å². The summed E-state index contributed by atoms with van der Waals surface area (Å²) in [6, 6.07) is 5.56. The van der Waals surface area contributed by atoms with Crippen molar-refractivity contribution in [1.82, 2.24) is 0 Å². The second-order valence-electron chi connectivity index (χ2n) is 3.52. The largest absolute Gasteiger partial charge is 0.485 e. The number of aryl methyl sites for hydroxylation is 1. The minimum Gasteiger partial charge on any atom is -0.485 e. The van der Waals surface area contributed by atoms with Crippen LogP contribution in [0.3, 0.4) is 0 Å². The summed E-state index contributed by atoms with van der Waals surface area (Å²) in [7, 11) is 0. The van der Waals surface area contributed by atoms with Gasteiger partial charge in [0.1, 0.15) is 12.4 Å². The van der Waals surface area contributed by atoms with Crippen LogP contribution < -0.4 is 10.1 Å². The van der Waals surface area contributed by atoms with Gasteiger partial charge in [0.15, 0.2) is 0 Å². The first-order valence-corrected chi connectivity index (χ1v) is 5.04. The Kier molecular flexibility index (Phi) is 3.04. The molecule has 1 aliphatic heterocycles. The van der Waals surface area contributed by atoms with Crippen molar-refractivity contribution in [3.05, 3.63) is 23.8 Å². The maximum absolute atomic E-state index is 12.0. The molecular formula is C11H13F2NO. The molecule has 0 aromatic heterocycles. The molecule has 0 atom stereocenters. The molecule has 0 amide bonds. The first kappa shape index (κ1) is 10.2. The second-order valence-corrected chi connectivity index (χ2v) is 3.52. The zero-order valence-corrected chi connectivity index (χ0v) is 8.30. The van der Waals surface area contributed by atoms with Crippen molar-refractivity contribution in [2.24, 2.45) is 0 Å². The summed E-state index contributed by atoms with van der Waals surface area (Å²) in [6.45, 7) is 0.334. The molecule has 1 aromatic rings. The molecule has 2 rings (SSSR count). The molecule has 15 heavy (non-hydrogen) atoms. The van der Waals surface area contributed by atoms with Crippen molar-refractivity contribution in [2.75, 3.05) is 18.5 Å². The zero-order valence-electron chi connectivity index (χ0n) is 8.30. The summed E-state index contributed by atoms with van der Waals surface area (Å²) in [5.74, 6) is 0.535. The number of ether oxygens (including phenoxy) is 1. The number of halogens is 2. The fraction of sp³-hybridized carbons (Fsp3) is 0.455. The summed E-state index contributed by atoms with van der Waals surface area (Å²) in [6.07, 6.45) is -0.371. The Balaban J connectivity index is 2.16. The molecule has 1 aliphatic rings. The Morgan fingerprint density at radius 1 is 1.40 bits per heavy atom. The van der Waals surface area contributed by atoms with Gasteiger partial charge in [-0.2, -0.15) is 0 Å². The molecule has 82 valence electrons. The molecule has 0 saturated carbocycles. The third kappa shape index (κ3) is 2.37. The van der Waals surface area contributed by atoms with Crippen molar-refractivity contribution >= 4 is 5.69 Å². The fourth-order valence-electron chi connectivity index (χ4n) is 1.75. The third-order valence-corrected chi connectivity index (χ3v) is 2.40. The van der Waals surface area contributed by atoms with Crippen LogP contribution in [0.1, 0.15) is 12.0 Å². The Labute approximate surface area is 87.2 Å². The van der Waals surface area contributed by atoms with Crippen LogP contribution in [0.5, 0.6) is 5.75 Å². The maximum atomic E-state index is 12.0. The van der Waals surface area contributed by atoms with E-state index in [1.54, 1.807) is 6.07 Å². The average molecular weight is 213 g/mol. The first-order valence-electron chi connectivity index (χ1n) is 5.04. The predicted octanol–water partition coefficient (Wildman–Crippen LogP) is 2.69. The Morgan fingerprint density at radius 3 is 3.07 bits per heavy atom. The van der Waals surface area contributed by atoms with E-state index >= 15 is 0 Å². The predicted molar refractivity (Wildman–Crippen MR) is 54.8 cm³/mol. The molecule has 1 heterocycles. The third-order valence-electron chi connectivity index (χ3n) is 2.40. The highest BCUT2D eigenvalue weighted by Gasteiger charge is 2.14. The van der Waals surface area contributed by atoms with Gasteiger partial charge in [0, 0.05) is 6.54 Å². The number of anilines is 1. The fourth-order valence-corrected chi connectivity index (χ4v) is 1.75. The number of rotatable bonds is 3. The van der Waals surface area contributed by atoms with Crippen LogP contribution in [0.25, 0.3) is 0 Å². The number of benzene rings is 1. The lowest BCUT2D eigenvalue weighted by molar-refractivity contribution is 0.0822. The summed E-state index contributed by atoms with van der Waals surface area (Å²) in [5.41, 5.74) is 2.03. The number of hydrogen-bond acceptors (Lipinski definition) is 2. The van der Waals surface area contributed by atoms with E-state index < -0.39 is 13.0 Å². The van der Waals surface area contributed by atoms with E-state index in [-0.39, 0.29) is 0 Å². The Bertz CT molecular complexity index is 341. The van der Waals surface area contributed by atoms with Gasteiger partial charge in [-0.3, -0.25) is 0 Å². The molecule has 1 aromatic carbocycles. The van der Waals surface area contributed by atoms with E-state index in [9.17, 15) is 8.78 Å². The van der Waals surface area contributed by atoms with Crippen LogP contribution >= 0.6 is 0 Å². The van der Waals surface area contributed by atoms with Gasteiger partial charge < -0.3 is 10.1 Å². The van der Waals surface area contributed by atoms with Crippen molar-refractivity contribution in [3.63, 3.8) is 0 Å². The van der Waals surface area contributed by atoms with Gasteiger partial charge in [0.25, 0.3) is 6.43 Å². The molecular weight excluding hydrogens is 200 g/mol. The standard InChI is InChI=1S/C11H13F2NO/c12-10(13)7-15-9-5-1-3-8-4-2-6-14-11(8)9/h1,3,5,10,14H,2,4,6-7H2. The van der Waals surface area contributed by atoms with E-state index in [1.807, 2.05) is 12.1 Å². The molecule has 0 saturated heterocycles. The van der Waals surface area contributed by atoms with Crippen molar-refractivity contribution < 1.29 is 13.5 Å². The second kappa shape index (κ2) is 4.47. The number of hydrogen-bond donors (Lipinski definition) is 1. The molecule has 0 fully saturated rings. The highest BCUT2D eigenvalue weighted by Crippen LogP contribution is 2.32. The lowest BCUT2D eigenvalue weighted by atomic mass is 10.0.